The number of carbonyl (C=O) groups is 2. The molecule has 4 saturated carbocycles. The lowest BCUT2D eigenvalue weighted by Crippen LogP contribution is -2.78. The lowest BCUT2D eigenvalue weighted by Gasteiger charge is -2.69. The van der Waals surface area contributed by atoms with Crippen LogP contribution in [0.15, 0.2) is 0 Å². The molecule has 0 aromatic heterocycles. The molecule has 1 aliphatic heterocycles. The van der Waals surface area contributed by atoms with Crippen LogP contribution in [0.4, 0.5) is 4.39 Å². The number of amides is 2. The number of hydrogen-bond donors (Lipinski definition) is 3. The highest BCUT2D eigenvalue weighted by Gasteiger charge is 2.72. The van der Waals surface area contributed by atoms with Crippen LogP contribution >= 0.6 is 11.6 Å². The first-order valence-electron chi connectivity index (χ1n) is 10.2. The normalized spacial score (nSPS) is 44.3. The van der Waals surface area contributed by atoms with Crippen LogP contribution < -0.4 is 16.0 Å². The summed E-state index contributed by atoms with van der Waals surface area (Å²) >= 11 is 5.87. The fourth-order valence-electron chi connectivity index (χ4n) is 5.05. The van der Waals surface area contributed by atoms with E-state index < -0.39 is 11.5 Å². The maximum absolute atomic E-state index is 13.6. The average molecular weight is 418 g/mol. The van der Waals surface area contributed by atoms with Crippen LogP contribution in [0.1, 0.15) is 45.4 Å². The molecule has 4 aliphatic carbocycles. The Labute approximate surface area is 169 Å². The number of hydrogen-bond acceptors (Lipinski definition) is 5. The van der Waals surface area contributed by atoms with Gasteiger partial charge in [-0.25, -0.2) is 4.39 Å². The summed E-state index contributed by atoms with van der Waals surface area (Å²) in [6.45, 7) is 3.17. The first kappa shape index (κ1) is 20.3. The second-order valence-corrected chi connectivity index (χ2v) is 9.53. The van der Waals surface area contributed by atoms with E-state index in [1.54, 1.807) is 0 Å². The molecular formula is C19H29ClFN3O4. The fourth-order valence-corrected chi connectivity index (χ4v) is 5.28. The molecule has 158 valence electrons. The Bertz CT molecular complexity index is 617. The van der Waals surface area contributed by atoms with Gasteiger partial charge in [0.15, 0.2) is 0 Å². The van der Waals surface area contributed by atoms with Gasteiger partial charge in [0.1, 0.15) is 19.0 Å². The molecule has 5 fully saturated rings. The minimum Gasteiger partial charge on any atom is -0.368 e. The van der Waals surface area contributed by atoms with Crippen molar-refractivity contribution in [1.82, 2.24) is 16.0 Å². The molecule has 5 atom stereocenters. The number of halogens is 2. The average Bonchev–Trinajstić information content (AvgIpc) is 3.01. The standard InChI is InChI=1S/C19H29ClFN3O4/c1-11-5-22-16(28-11)6-23-17(26)18-8-19(9-18,10-18)24-15(25)7-27-12-2-3-13(20)14(21)4-12/h11-14,16,22H,2-10H2,1H3,(H,23,26)(H,24,25). The molecule has 5 aliphatic rings. The largest absolute Gasteiger partial charge is 0.368 e. The molecule has 3 N–H and O–H groups in total. The predicted octanol–water partition coefficient (Wildman–Crippen LogP) is 0.991. The summed E-state index contributed by atoms with van der Waals surface area (Å²) in [6.07, 6.45) is 2.18. The molecule has 7 nitrogen and oxygen atoms in total. The Morgan fingerprint density at radius 2 is 2.07 bits per heavy atom. The van der Waals surface area contributed by atoms with Gasteiger partial charge in [-0.15, -0.1) is 11.6 Å². The van der Waals surface area contributed by atoms with Gasteiger partial charge in [0.05, 0.1) is 29.5 Å². The van der Waals surface area contributed by atoms with Crippen molar-refractivity contribution < 1.29 is 23.5 Å². The van der Waals surface area contributed by atoms with Gasteiger partial charge in [-0.05, 0) is 39.0 Å². The van der Waals surface area contributed by atoms with E-state index in [1.807, 2.05) is 6.92 Å². The summed E-state index contributed by atoms with van der Waals surface area (Å²) in [4.78, 5) is 24.7. The van der Waals surface area contributed by atoms with Crippen LogP contribution in [0.3, 0.4) is 0 Å². The Hall–Kier alpha value is -0.960. The van der Waals surface area contributed by atoms with Crippen LogP contribution in [-0.4, -0.2) is 67.0 Å². The molecule has 2 amide bonds. The van der Waals surface area contributed by atoms with Gasteiger partial charge < -0.3 is 20.1 Å². The molecule has 1 heterocycles. The highest BCUT2D eigenvalue weighted by molar-refractivity contribution is 6.21. The molecule has 0 spiro atoms. The topological polar surface area (TPSA) is 88.7 Å². The molecule has 2 bridgehead atoms. The van der Waals surface area contributed by atoms with Crippen LogP contribution in [-0.2, 0) is 19.1 Å². The molecule has 0 radical (unpaired) electrons. The van der Waals surface area contributed by atoms with E-state index in [0.717, 1.165) is 6.54 Å². The quantitative estimate of drug-likeness (QED) is 0.538. The third-order valence-corrected chi connectivity index (χ3v) is 6.98. The molecule has 0 aromatic carbocycles. The lowest BCUT2D eigenvalue weighted by molar-refractivity contribution is -0.185. The van der Waals surface area contributed by atoms with Gasteiger partial charge in [0.25, 0.3) is 0 Å². The van der Waals surface area contributed by atoms with Gasteiger partial charge in [0, 0.05) is 18.5 Å². The molecule has 5 rings (SSSR count). The van der Waals surface area contributed by atoms with E-state index in [4.69, 9.17) is 21.1 Å². The summed E-state index contributed by atoms with van der Waals surface area (Å²) < 4.78 is 24.8. The smallest absolute Gasteiger partial charge is 0.246 e. The fraction of sp³-hybridized carbons (Fsp3) is 0.895. The van der Waals surface area contributed by atoms with Crippen molar-refractivity contribution in [3.8, 4) is 0 Å². The van der Waals surface area contributed by atoms with Gasteiger partial charge in [-0.3, -0.25) is 14.9 Å². The summed E-state index contributed by atoms with van der Waals surface area (Å²) in [6, 6.07) is 0. The van der Waals surface area contributed by atoms with Crippen molar-refractivity contribution in [2.45, 2.75) is 81.0 Å². The molecule has 1 saturated heterocycles. The number of carbonyl (C=O) groups excluding carboxylic acids is 2. The zero-order valence-electron chi connectivity index (χ0n) is 16.1. The number of nitrogens with one attached hydrogen (secondary N) is 3. The van der Waals surface area contributed by atoms with E-state index >= 15 is 0 Å². The monoisotopic (exact) mass is 417 g/mol. The van der Waals surface area contributed by atoms with Gasteiger partial charge >= 0.3 is 0 Å². The highest BCUT2D eigenvalue weighted by atomic mass is 35.5. The second-order valence-electron chi connectivity index (χ2n) is 8.97. The molecular weight excluding hydrogens is 389 g/mol. The third-order valence-electron chi connectivity index (χ3n) is 6.49. The summed E-state index contributed by atoms with van der Waals surface area (Å²) in [5, 5.41) is 8.72. The van der Waals surface area contributed by atoms with E-state index in [9.17, 15) is 14.0 Å². The SMILES string of the molecule is CC1CNC(CNC(=O)C23CC(NC(=O)COC4CCC(Cl)C(F)C4)(C2)C3)O1. The lowest BCUT2D eigenvalue weighted by atomic mass is 9.39. The van der Waals surface area contributed by atoms with Crippen molar-refractivity contribution in [2.24, 2.45) is 5.41 Å². The number of alkyl halides is 2. The number of ether oxygens (including phenoxy) is 2. The summed E-state index contributed by atoms with van der Waals surface area (Å²) in [5.41, 5.74) is -0.622. The van der Waals surface area contributed by atoms with Crippen molar-refractivity contribution in [3.05, 3.63) is 0 Å². The first-order chi connectivity index (χ1) is 13.3. The highest BCUT2D eigenvalue weighted by Crippen LogP contribution is 2.67. The Morgan fingerprint density at radius 1 is 1.32 bits per heavy atom. The maximum atomic E-state index is 13.6. The van der Waals surface area contributed by atoms with E-state index in [2.05, 4.69) is 16.0 Å². The predicted molar refractivity (Wildman–Crippen MR) is 101 cm³/mol. The van der Waals surface area contributed by atoms with Crippen molar-refractivity contribution in [1.29, 1.82) is 0 Å². The van der Waals surface area contributed by atoms with Crippen molar-refractivity contribution >= 4 is 23.4 Å². The minimum absolute atomic E-state index is 0.0386. The van der Waals surface area contributed by atoms with Gasteiger partial charge in [-0.1, -0.05) is 0 Å². The third kappa shape index (κ3) is 4.01. The minimum atomic E-state index is -1.08. The van der Waals surface area contributed by atoms with Crippen LogP contribution in [0.25, 0.3) is 0 Å². The first-order valence-corrected chi connectivity index (χ1v) is 10.6. The second kappa shape index (κ2) is 7.70. The van der Waals surface area contributed by atoms with E-state index in [0.29, 0.717) is 38.6 Å². The Balaban J connectivity index is 1.13. The maximum Gasteiger partial charge on any atom is 0.246 e. The molecule has 0 aromatic rings. The Morgan fingerprint density at radius 3 is 2.71 bits per heavy atom. The summed E-state index contributed by atoms with van der Waals surface area (Å²) in [5.74, 6) is -0.161. The van der Waals surface area contributed by atoms with Crippen LogP contribution in [0, 0.1) is 5.41 Å². The summed E-state index contributed by atoms with van der Waals surface area (Å²) in [7, 11) is 0. The van der Waals surface area contributed by atoms with Crippen molar-refractivity contribution in [2.75, 3.05) is 19.7 Å². The zero-order chi connectivity index (χ0) is 19.9. The molecule has 28 heavy (non-hydrogen) atoms. The Kier molecular flexibility index (Phi) is 5.59. The zero-order valence-corrected chi connectivity index (χ0v) is 16.9. The van der Waals surface area contributed by atoms with Gasteiger partial charge in [-0.2, -0.15) is 0 Å². The van der Waals surface area contributed by atoms with Crippen LogP contribution in [0.5, 0.6) is 0 Å². The number of rotatable bonds is 7. The van der Waals surface area contributed by atoms with Crippen molar-refractivity contribution in [3.63, 3.8) is 0 Å². The van der Waals surface area contributed by atoms with E-state index in [1.165, 1.54) is 0 Å². The molecule has 5 unspecified atom stereocenters. The molecule has 9 heteroatoms. The van der Waals surface area contributed by atoms with Crippen LogP contribution in [0.2, 0.25) is 0 Å². The van der Waals surface area contributed by atoms with E-state index in [-0.39, 0.29) is 54.2 Å². The van der Waals surface area contributed by atoms with Gasteiger partial charge in [0.2, 0.25) is 11.8 Å².